The highest BCUT2D eigenvalue weighted by Gasteiger charge is 2.20. The van der Waals surface area contributed by atoms with Gasteiger partial charge >= 0.3 is 0 Å². The summed E-state index contributed by atoms with van der Waals surface area (Å²) >= 11 is 0. The van der Waals surface area contributed by atoms with Gasteiger partial charge in [-0.25, -0.2) is 4.98 Å². The molecule has 1 saturated heterocycles. The van der Waals surface area contributed by atoms with Crippen LogP contribution in [0.1, 0.15) is 30.2 Å². The van der Waals surface area contributed by atoms with Crippen molar-refractivity contribution in [1.82, 2.24) is 9.88 Å². The lowest BCUT2D eigenvalue weighted by molar-refractivity contribution is 0.166. The summed E-state index contributed by atoms with van der Waals surface area (Å²) in [5.74, 6) is 2.51. The smallest absolute Gasteiger partial charge is 0.208 e. The molecule has 0 atom stereocenters. The molecule has 2 rings (SSSR count). The molecule has 1 aromatic rings. The Bertz CT molecular complexity index is 428. The summed E-state index contributed by atoms with van der Waals surface area (Å²) in [4.78, 5) is 10.9. The lowest BCUT2D eigenvalue weighted by atomic mass is 9.97. The number of aromatic nitrogens is 1. The van der Waals surface area contributed by atoms with Crippen LogP contribution in [0.2, 0.25) is 0 Å². The van der Waals surface area contributed by atoms with E-state index in [1.54, 1.807) is 0 Å². The molecule has 1 aliphatic heterocycles. The van der Waals surface area contributed by atoms with Crippen LogP contribution in [-0.4, -0.2) is 35.5 Å². The highest BCUT2D eigenvalue weighted by Crippen LogP contribution is 2.19. The predicted molar refractivity (Wildman–Crippen MR) is 90.1 cm³/mol. The Kier molecular flexibility index (Phi) is 6.74. The maximum atomic E-state index is 5.62. The number of piperidine rings is 1. The second-order valence-corrected chi connectivity index (χ2v) is 5.23. The first kappa shape index (κ1) is 17.2. The minimum atomic E-state index is 0. The summed E-state index contributed by atoms with van der Waals surface area (Å²) in [7, 11) is 0. The first-order chi connectivity index (χ1) is 9.04. The Labute approximate surface area is 137 Å². The quantitative estimate of drug-likeness (QED) is 0.458. The number of nitrogens with two attached hydrogens (primary N) is 2. The maximum absolute atomic E-state index is 5.62. The fourth-order valence-corrected chi connectivity index (χ4v) is 2.36. The van der Waals surface area contributed by atoms with Crippen molar-refractivity contribution in [2.45, 2.75) is 33.2 Å². The van der Waals surface area contributed by atoms with Gasteiger partial charge < -0.3 is 15.9 Å². The van der Waals surface area contributed by atoms with E-state index in [-0.39, 0.29) is 29.9 Å². The summed E-state index contributed by atoms with van der Waals surface area (Å²) in [6.45, 7) is 7.56. The molecule has 0 aromatic carbocycles. The fraction of sp³-hybridized carbons (Fsp3) is 0.692. The van der Waals surface area contributed by atoms with Crippen LogP contribution in [0.4, 0.5) is 0 Å². The first-order valence-corrected chi connectivity index (χ1v) is 6.75. The van der Waals surface area contributed by atoms with Crippen molar-refractivity contribution >= 4 is 29.9 Å². The zero-order valence-corrected chi connectivity index (χ0v) is 14.5. The average molecular weight is 393 g/mol. The molecule has 4 N–H and O–H groups in total. The van der Waals surface area contributed by atoms with Gasteiger partial charge in [0.2, 0.25) is 5.89 Å². The number of oxazole rings is 1. The van der Waals surface area contributed by atoms with Crippen LogP contribution >= 0.6 is 24.0 Å². The molecule has 6 nitrogen and oxygen atoms in total. The number of aliphatic imine (C=N–C) groups is 1. The topological polar surface area (TPSA) is 93.7 Å². The van der Waals surface area contributed by atoms with Gasteiger partial charge in [0, 0.05) is 6.54 Å². The molecule has 0 unspecified atom stereocenters. The molecule has 0 aliphatic carbocycles. The average Bonchev–Trinajstić information content (AvgIpc) is 2.67. The van der Waals surface area contributed by atoms with Crippen LogP contribution in [0.15, 0.2) is 9.41 Å². The zero-order chi connectivity index (χ0) is 13.8. The molecule has 1 aliphatic rings. The van der Waals surface area contributed by atoms with E-state index in [1.165, 1.54) is 0 Å². The minimum absolute atomic E-state index is 0. The van der Waals surface area contributed by atoms with Crippen LogP contribution in [-0.2, 0) is 6.54 Å². The van der Waals surface area contributed by atoms with Gasteiger partial charge in [0.15, 0.2) is 5.96 Å². The number of guanidine groups is 1. The van der Waals surface area contributed by atoms with E-state index in [0.29, 0.717) is 5.92 Å². The zero-order valence-electron chi connectivity index (χ0n) is 12.1. The van der Waals surface area contributed by atoms with E-state index in [2.05, 4.69) is 14.9 Å². The van der Waals surface area contributed by atoms with Crippen LogP contribution in [0.25, 0.3) is 0 Å². The Morgan fingerprint density at radius 3 is 2.50 bits per heavy atom. The Morgan fingerprint density at radius 1 is 1.35 bits per heavy atom. The van der Waals surface area contributed by atoms with Crippen molar-refractivity contribution in [1.29, 1.82) is 0 Å². The Balaban J connectivity index is 0.00000200. The highest BCUT2D eigenvalue weighted by molar-refractivity contribution is 14.0. The van der Waals surface area contributed by atoms with E-state index in [9.17, 15) is 0 Å². The maximum Gasteiger partial charge on any atom is 0.208 e. The van der Waals surface area contributed by atoms with Gasteiger partial charge in [-0.15, -0.1) is 24.0 Å². The summed E-state index contributed by atoms with van der Waals surface area (Å²) < 4.78 is 5.62. The predicted octanol–water partition coefficient (Wildman–Crippen LogP) is 1.39. The van der Waals surface area contributed by atoms with Crippen molar-refractivity contribution < 1.29 is 4.42 Å². The number of hydrogen-bond acceptors (Lipinski definition) is 4. The largest absolute Gasteiger partial charge is 0.444 e. The third-order valence-electron chi connectivity index (χ3n) is 3.67. The lowest BCUT2D eigenvalue weighted by Gasteiger charge is -2.30. The lowest BCUT2D eigenvalue weighted by Crippen LogP contribution is -2.34. The first-order valence-electron chi connectivity index (χ1n) is 6.75. The molecule has 0 spiro atoms. The SMILES string of the molecule is Cc1nc(CN2CCC(CN=C(N)N)CC2)oc1C.I. The molecule has 1 aromatic heterocycles. The fourth-order valence-electron chi connectivity index (χ4n) is 2.36. The van der Waals surface area contributed by atoms with Gasteiger partial charge in [-0.3, -0.25) is 9.89 Å². The van der Waals surface area contributed by atoms with Gasteiger partial charge in [-0.05, 0) is 45.7 Å². The molecule has 114 valence electrons. The standard InChI is InChI=1S/C13H23N5O.HI/c1-9-10(2)19-12(17-9)8-18-5-3-11(4-6-18)7-16-13(14)15;/h11H,3-8H2,1-2H3,(H4,14,15,16);1H. The number of rotatable bonds is 4. The Morgan fingerprint density at radius 2 is 2.00 bits per heavy atom. The van der Waals surface area contributed by atoms with E-state index in [1.807, 2.05) is 13.8 Å². The normalized spacial score (nSPS) is 16.7. The van der Waals surface area contributed by atoms with E-state index in [4.69, 9.17) is 15.9 Å². The van der Waals surface area contributed by atoms with Crippen LogP contribution < -0.4 is 11.5 Å². The molecule has 0 amide bonds. The van der Waals surface area contributed by atoms with E-state index in [0.717, 1.165) is 56.4 Å². The van der Waals surface area contributed by atoms with Crippen molar-refractivity contribution in [3.05, 3.63) is 17.3 Å². The molecule has 2 heterocycles. The summed E-state index contributed by atoms with van der Waals surface area (Å²) in [5.41, 5.74) is 11.7. The van der Waals surface area contributed by atoms with Gasteiger partial charge in [-0.1, -0.05) is 0 Å². The second kappa shape index (κ2) is 7.82. The number of aryl methyl sites for hydroxylation is 2. The van der Waals surface area contributed by atoms with Crippen molar-refractivity contribution in [2.24, 2.45) is 22.4 Å². The van der Waals surface area contributed by atoms with Gasteiger partial charge in [0.25, 0.3) is 0 Å². The van der Waals surface area contributed by atoms with E-state index < -0.39 is 0 Å². The number of likely N-dealkylation sites (tertiary alicyclic amines) is 1. The number of halogens is 1. The summed E-state index contributed by atoms with van der Waals surface area (Å²) in [5, 5.41) is 0. The second-order valence-electron chi connectivity index (χ2n) is 5.23. The van der Waals surface area contributed by atoms with Gasteiger partial charge in [-0.2, -0.15) is 0 Å². The van der Waals surface area contributed by atoms with E-state index >= 15 is 0 Å². The number of nitrogens with zero attached hydrogens (tertiary/aromatic N) is 3. The van der Waals surface area contributed by atoms with Crippen LogP contribution in [0.3, 0.4) is 0 Å². The van der Waals surface area contributed by atoms with Crippen LogP contribution in [0.5, 0.6) is 0 Å². The minimum Gasteiger partial charge on any atom is -0.444 e. The van der Waals surface area contributed by atoms with Crippen LogP contribution in [0, 0.1) is 19.8 Å². The molecule has 0 radical (unpaired) electrons. The molecule has 20 heavy (non-hydrogen) atoms. The molecule has 0 saturated carbocycles. The van der Waals surface area contributed by atoms with Crippen molar-refractivity contribution in [2.75, 3.05) is 19.6 Å². The molecule has 0 bridgehead atoms. The summed E-state index contributed by atoms with van der Waals surface area (Å²) in [6, 6.07) is 0. The summed E-state index contributed by atoms with van der Waals surface area (Å²) in [6.07, 6.45) is 2.24. The molecule has 1 fully saturated rings. The monoisotopic (exact) mass is 393 g/mol. The number of hydrogen-bond donors (Lipinski definition) is 2. The molecular formula is C13H24IN5O. The third kappa shape index (κ3) is 4.93. The van der Waals surface area contributed by atoms with Crippen molar-refractivity contribution in [3.63, 3.8) is 0 Å². The van der Waals surface area contributed by atoms with Gasteiger partial charge in [0.05, 0.1) is 12.2 Å². The molecule has 7 heteroatoms. The Hall–Kier alpha value is -0.830. The van der Waals surface area contributed by atoms with Crippen molar-refractivity contribution in [3.8, 4) is 0 Å². The third-order valence-corrected chi connectivity index (χ3v) is 3.67. The van der Waals surface area contributed by atoms with Gasteiger partial charge in [0.1, 0.15) is 5.76 Å². The molecular weight excluding hydrogens is 369 g/mol. The highest BCUT2D eigenvalue weighted by atomic mass is 127.